The summed E-state index contributed by atoms with van der Waals surface area (Å²) in [4.78, 5) is 14.0. The van der Waals surface area contributed by atoms with Crippen LogP contribution in [0, 0.1) is 0 Å². The molecule has 0 radical (unpaired) electrons. The minimum atomic E-state index is -0.450. The number of rotatable bonds is 0. The van der Waals surface area contributed by atoms with Gasteiger partial charge in [0, 0.05) is 17.1 Å². The van der Waals surface area contributed by atoms with E-state index in [0.717, 1.165) is 10.9 Å². The Kier molecular flexibility index (Phi) is 3.90. The fraction of sp³-hybridized carbons (Fsp3) is 0.533. The van der Waals surface area contributed by atoms with Gasteiger partial charge in [-0.15, -0.1) is 0 Å². The maximum atomic E-state index is 12.2. The van der Waals surface area contributed by atoms with E-state index in [4.69, 9.17) is 4.74 Å². The molecule has 1 aliphatic rings. The van der Waals surface area contributed by atoms with Crippen molar-refractivity contribution in [2.75, 3.05) is 0 Å². The lowest BCUT2D eigenvalue weighted by Gasteiger charge is -2.36. The first-order valence-corrected chi connectivity index (χ1v) is 7.32. The van der Waals surface area contributed by atoms with E-state index in [1.165, 1.54) is 11.1 Å². The van der Waals surface area contributed by atoms with Crippen molar-refractivity contribution in [2.45, 2.75) is 52.3 Å². The van der Waals surface area contributed by atoms with Gasteiger partial charge in [0.2, 0.25) is 0 Å². The smallest absolute Gasteiger partial charge is 0.410 e. The maximum absolute atomic E-state index is 12.2. The quantitative estimate of drug-likeness (QED) is 0.717. The van der Waals surface area contributed by atoms with E-state index in [2.05, 4.69) is 41.1 Å². The molecule has 1 aromatic carbocycles. The van der Waals surface area contributed by atoms with Gasteiger partial charge in [-0.1, -0.05) is 22.0 Å². The van der Waals surface area contributed by atoms with Crippen LogP contribution in [0.5, 0.6) is 0 Å². The molecule has 0 fully saturated rings. The predicted octanol–water partition coefficient (Wildman–Crippen LogP) is 4.13. The number of ether oxygens (including phenoxy) is 1. The third-order valence-electron chi connectivity index (χ3n) is 3.18. The van der Waals surface area contributed by atoms with Crippen molar-refractivity contribution in [3.8, 4) is 0 Å². The van der Waals surface area contributed by atoms with E-state index >= 15 is 0 Å². The van der Waals surface area contributed by atoms with Crippen molar-refractivity contribution in [1.29, 1.82) is 0 Å². The number of halogens is 1. The molecule has 104 valence electrons. The largest absolute Gasteiger partial charge is 0.444 e. The first-order valence-electron chi connectivity index (χ1n) is 6.53. The van der Waals surface area contributed by atoms with E-state index in [-0.39, 0.29) is 12.1 Å². The highest BCUT2D eigenvalue weighted by molar-refractivity contribution is 9.10. The molecule has 1 heterocycles. The zero-order chi connectivity index (χ0) is 14.2. The van der Waals surface area contributed by atoms with E-state index in [9.17, 15) is 4.79 Å². The lowest BCUT2D eigenvalue weighted by atomic mass is 9.95. The molecular weight excluding hydrogens is 306 g/mol. The Balaban J connectivity index is 2.19. The summed E-state index contributed by atoms with van der Waals surface area (Å²) in [6.45, 7) is 8.36. The second-order valence-electron chi connectivity index (χ2n) is 6.07. The maximum Gasteiger partial charge on any atom is 0.410 e. The number of fused-ring (bicyclic) bond motifs is 1. The van der Waals surface area contributed by atoms with Gasteiger partial charge in [-0.2, -0.15) is 0 Å². The predicted molar refractivity (Wildman–Crippen MR) is 79.1 cm³/mol. The highest BCUT2D eigenvalue weighted by atomic mass is 79.9. The monoisotopic (exact) mass is 325 g/mol. The van der Waals surface area contributed by atoms with E-state index < -0.39 is 5.60 Å². The van der Waals surface area contributed by atoms with Gasteiger partial charge in [0.05, 0.1) is 0 Å². The summed E-state index contributed by atoms with van der Waals surface area (Å²) in [5, 5.41) is 0. The van der Waals surface area contributed by atoms with Crippen molar-refractivity contribution in [1.82, 2.24) is 4.90 Å². The second-order valence-corrected chi connectivity index (χ2v) is 6.99. The van der Waals surface area contributed by atoms with Crippen LogP contribution in [-0.4, -0.2) is 22.6 Å². The Labute approximate surface area is 123 Å². The molecule has 0 unspecified atom stereocenters. The molecule has 0 saturated heterocycles. The summed E-state index contributed by atoms with van der Waals surface area (Å²) in [6, 6.07) is 6.43. The molecular formula is C15H20BrNO2. The Bertz CT molecular complexity index is 493. The number of benzene rings is 1. The van der Waals surface area contributed by atoms with Gasteiger partial charge >= 0.3 is 6.09 Å². The standard InChI is InChI=1S/C15H20BrNO2/c1-10-7-11-5-6-13(16)8-12(11)9-17(10)14(18)19-15(2,3)4/h5-6,8,10H,7,9H2,1-4H3/t10-/m1/s1. The van der Waals surface area contributed by atoms with Gasteiger partial charge in [0.25, 0.3) is 0 Å². The molecule has 0 aliphatic carbocycles. The van der Waals surface area contributed by atoms with E-state index in [1.807, 2.05) is 20.8 Å². The number of hydrogen-bond acceptors (Lipinski definition) is 2. The van der Waals surface area contributed by atoms with Crippen molar-refractivity contribution in [3.05, 3.63) is 33.8 Å². The van der Waals surface area contributed by atoms with Gasteiger partial charge in [0.1, 0.15) is 5.60 Å². The molecule has 1 atom stereocenters. The number of carbonyl (C=O) groups excluding carboxylic acids is 1. The summed E-state index contributed by atoms with van der Waals surface area (Å²) < 4.78 is 6.51. The Morgan fingerprint density at radius 1 is 1.37 bits per heavy atom. The molecule has 3 nitrogen and oxygen atoms in total. The topological polar surface area (TPSA) is 29.5 Å². The van der Waals surface area contributed by atoms with Gasteiger partial charge < -0.3 is 9.64 Å². The summed E-state index contributed by atoms with van der Waals surface area (Å²) in [5.41, 5.74) is 2.06. The zero-order valence-electron chi connectivity index (χ0n) is 11.9. The number of amides is 1. The van der Waals surface area contributed by atoms with Crippen molar-refractivity contribution >= 4 is 22.0 Å². The molecule has 1 aliphatic heterocycles. The molecule has 0 spiro atoms. The molecule has 0 bridgehead atoms. The summed E-state index contributed by atoms with van der Waals surface area (Å²) >= 11 is 3.48. The lowest BCUT2D eigenvalue weighted by Crippen LogP contribution is -2.45. The fourth-order valence-electron chi connectivity index (χ4n) is 2.27. The van der Waals surface area contributed by atoms with Crippen LogP contribution >= 0.6 is 15.9 Å². The van der Waals surface area contributed by atoms with Crippen LogP contribution in [0.4, 0.5) is 4.79 Å². The average molecular weight is 326 g/mol. The lowest BCUT2D eigenvalue weighted by molar-refractivity contribution is 0.0138. The van der Waals surface area contributed by atoms with Crippen LogP contribution in [0.3, 0.4) is 0 Å². The van der Waals surface area contributed by atoms with Crippen LogP contribution in [-0.2, 0) is 17.7 Å². The van der Waals surface area contributed by atoms with Crippen molar-refractivity contribution in [2.24, 2.45) is 0 Å². The molecule has 4 heteroatoms. The van der Waals surface area contributed by atoms with Crippen LogP contribution in [0.15, 0.2) is 22.7 Å². The van der Waals surface area contributed by atoms with E-state index in [0.29, 0.717) is 6.54 Å². The average Bonchev–Trinajstić information content (AvgIpc) is 2.26. The number of hydrogen-bond donors (Lipinski definition) is 0. The minimum absolute atomic E-state index is 0.170. The molecule has 0 N–H and O–H groups in total. The highest BCUT2D eigenvalue weighted by Gasteiger charge is 2.30. The Morgan fingerprint density at radius 3 is 2.68 bits per heavy atom. The number of nitrogens with zero attached hydrogens (tertiary/aromatic N) is 1. The van der Waals surface area contributed by atoms with Gasteiger partial charge in [-0.05, 0) is 57.4 Å². The fourth-order valence-corrected chi connectivity index (χ4v) is 2.68. The van der Waals surface area contributed by atoms with Crippen LogP contribution in [0.25, 0.3) is 0 Å². The van der Waals surface area contributed by atoms with Crippen LogP contribution < -0.4 is 0 Å². The van der Waals surface area contributed by atoms with Gasteiger partial charge in [-0.3, -0.25) is 0 Å². The third kappa shape index (κ3) is 3.50. The molecule has 0 saturated carbocycles. The normalized spacial score (nSPS) is 19.0. The van der Waals surface area contributed by atoms with E-state index in [1.54, 1.807) is 4.90 Å². The molecule has 2 rings (SSSR count). The zero-order valence-corrected chi connectivity index (χ0v) is 13.5. The summed E-state index contributed by atoms with van der Waals surface area (Å²) in [5.74, 6) is 0. The second kappa shape index (κ2) is 5.16. The van der Waals surface area contributed by atoms with Crippen LogP contribution in [0.1, 0.15) is 38.8 Å². The third-order valence-corrected chi connectivity index (χ3v) is 3.68. The van der Waals surface area contributed by atoms with Crippen molar-refractivity contribution in [3.63, 3.8) is 0 Å². The summed E-state index contributed by atoms with van der Waals surface area (Å²) in [7, 11) is 0. The number of carbonyl (C=O) groups is 1. The first kappa shape index (κ1) is 14.4. The van der Waals surface area contributed by atoms with Crippen molar-refractivity contribution < 1.29 is 9.53 Å². The Hall–Kier alpha value is -1.03. The highest BCUT2D eigenvalue weighted by Crippen LogP contribution is 2.27. The van der Waals surface area contributed by atoms with Crippen LogP contribution in [0.2, 0.25) is 0 Å². The summed E-state index contributed by atoms with van der Waals surface area (Å²) in [6.07, 6.45) is 0.646. The SMILES string of the molecule is C[C@@H]1Cc2ccc(Br)cc2CN1C(=O)OC(C)(C)C. The molecule has 19 heavy (non-hydrogen) atoms. The van der Waals surface area contributed by atoms with Gasteiger partial charge in [0.15, 0.2) is 0 Å². The Morgan fingerprint density at radius 2 is 2.05 bits per heavy atom. The molecule has 1 amide bonds. The molecule has 0 aromatic heterocycles. The van der Waals surface area contributed by atoms with Gasteiger partial charge in [-0.25, -0.2) is 4.79 Å². The molecule has 1 aromatic rings. The minimum Gasteiger partial charge on any atom is -0.444 e. The first-order chi connectivity index (χ1) is 8.76.